The molecule has 2 aliphatic rings. The molecule has 2 aromatic rings. The summed E-state index contributed by atoms with van der Waals surface area (Å²) >= 11 is 0. The molecule has 0 bridgehead atoms. The van der Waals surface area contributed by atoms with E-state index in [0.29, 0.717) is 24.7 Å². The summed E-state index contributed by atoms with van der Waals surface area (Å²) in [7, 11) is -0.336. The van der Waals surface area contributed by atoms with E-state index < -0.39 is 26.6 Å². The molecule has 7 nitrogen and oxygen atoms in total. The number of halogens is 2. The number of nitrogens with one attached hydrogen (secondary N) is 1. The molecule has 2 fully saturated rings. The molecule has 1 atom stereocenters. The zero-order valence-electron chi connectivity index (χ0n) is 19.1. The molecule has 1 aromatic heterocycles. The minimum absolute atomic E-state index is 0.0633. The van der Waals surface area contributed by atoms with Crippen LogP contribution in [0.1, 0.15) is 44.9 Å². The van der Waals surface area contributed by atoms with Gasteiger partial charge in [0.25, 0.3) is 10.0 Å². The van der Waals surface area contributed by atoms with Gasteiger partial charge in [-0.15, -0.1) is 0 Å². The highest BCUT2D eigenvalue weighted by atomic mass is 32.2. The maximum atomic E-state index is 15.0. The number of benzene rings is 1. The Morgan fingerprint density at radius 2 is 1.88 bits per heavy atom. The molecular weight excluding hydrogens is 448 g/mol. The Balaban J connectivity index is 1.59. The van der Waals surface area contributed by atoms with E-state index in [9.17, 15) is 8.42 Å². The normalized spacial score (nSPS) is 22.2. The molecule has 4 rings (SSSR count). The molecule has 10 heteroatoms. The summed E-state index contributed by atoms with van der Waals surface area (Å²) < 4.78 is 57.4. The number of hydrogen-bond acceptors (Lipinski definition) is 6. The molecule has 2 heterocycles. The largest absolute Gasteiger partial charge is 0.370 e. The first-order valence-electron chi connectivity index (χ1n) is 11.4. The van der Waals surface area contributed by atoms with Crippen molar-refractivity contribution in [3.8, 4) is 0 Å². The third-order valence-corrected chi connectivity index (χ3v) is 8.49. The smallest absolute Gasteiger partial charge is 0.268 e. The fraction of sp³-hybridized carbons (Fsp3) is 0.565. The van der Waals surface area contributed by atoms with Gasteiger partial charge in [0.1, 0.15) is 23.8 Å². The van der Waals surface area contributed by atoms with E-state index in [2.05, 4.69) is 33.7 Å². The van der Waals surface area contributed by atoms with Crippen LogP contribution in [0.15, 0.2) is 35.6 Å². The highest BCUT2D eigenvalue weighted by molar-refractivity contribution is 7.92. The predicted octanol–water partition coefficient (Wildman–Crippen LogP) is 4.04. The number of likely N-dealkylation sites (N-methyl/N-ethyl adjacent to an activating group) is 1. The minimum atomic E-state index is -4.49. The molecule has 0 amide bonds. The van der Waals surface area contributed by atoms with E-state index in [4.69, 9.17) is 0 Å². The van der Waals surface area contributed by atoms with Crippen LogP contribution in [0.25, 0.3) is 0 Å². The molecule has 1 saturated carbocycles. The third-order valence-electron chi connectivity index (χ3n) is 7.09. The first-order chi connectivity index (χ1) is 15.7. The van der Waals surface area contributed by atoms with E-state index in [0.717, 1.165) is 37.7 Å². The summed E-state index contributed by atoms with van der Waals surface area (Å²) in [4.78, 5) is 10.7. The fourth-order valence-electron chi connectivity index (χ4n) is 5.32. The topological polar surface area (TPSA) is 78.4 Å². The number of aromatic nitrogens is 2. The van der Waals surface area contributed by atoms with Crippen molar-refractivity contribution in [1.82, 2.24) is 14.9 Å². The number of hydrogen-bond donors (Lipinski definition) is 1. The zero-order valence-corrected chi connectivity index (χ0v) is 19.9. The van der Waals surface area contributed by atoms with Gasteiger partial charge in [-0.1, -0.05) is 25.7 Å². The van der Waals surface area contributed by atoms with Crippen LogP contribution in [0.5, 0.6) is 0 Å². The summed E-state index contributed by atoms with van der Waals surface area (Å²) in [6.45, 7) is 1.32. The standard InChI is InChI=1S/C23H31F2N5O2S/c1-29(2)23(14-17-6-3-4-7-17)9-5-11-30(15-23)18-12-19(24)22(20(25)13-18)33(31,32)28-21-8-10-26-16-27-21/h8,10,12-13,16-17H,3-7,9,11,14-15H2,1-2H3,(H,26,27,28)/t23-/m1/s1. The minimum Gasteiger partial charge on any atom is -0.370 e. The molecule has 33 heavy (non-hydrogen) atoms. The Morgan fingerprint density at radius 1 is 1.18 bits per heavy atom. The molecule has 0 spiro atoms. The highest BCUT2D eigenvalue weighted by Gasteiger charge is 2.40. The zero-order chi connectivity index (χ0) is 23.6. The van der Waals surface area contributed by atoms with Crippen molar-refractivity contribution >= 4 is 21.5 Å². The van der Waals surface area contributed by atoms with E-state index in [1.54, 1.807) is 0 Å². The molecule has 180 valence electrons. The van der Waals surface area contributed by atoms with Crippen molar-refractivity contribution in [1.29, 1.82) is 0 Å². The summed E-state index contributed by atoms with van der Waals surface area (Å²) in [6, 6.07) is 3.55. The van der Waals surface area contributed by atoms with Crippen molar-refractivity contribution in [2.24, 2.45) is 5.92 Å². The Hall–Kier alpha value is -2.33. The summed E-state index contributed by atoms with van der Waals surface area (Å²) in [6.07, 6.45) is 10.5. The van der Waals surface area contributed by atoms with Crippen LogP contribution < -0.4 is 9.62 Å². The lowest BCUT2D eigenvalue weighted by Crippen LogP contribution is -2.57. The predicted molar refractivity (Wildman–Crippen MR) is 124 cm³/mol. The molecule has 0 unspecified atom stereocenters. The molecule has 1 aliphatic heterocycles. The lowest BCUT2D eigenvalue weighted by atomic mass is 9.79. The molecule has 0 radical (unpaired) electrons. The lowest BCUT2D eigenvalue weighted by molar-refractivity contribution is 0.0957. The van der Waals surface area contributed by atoms with Gasteiger partial charge in [0.2, 0.25) is 0 Å². The molecule has 1 N–H and O–H groups in total. The second-order valence-corrected chi connectivity index (χ2v) is 11.1. The Labute approximate surface area is 194 Å². The molecule has 1 saturated heterocycles. The van der Waals surface area contributed by atoms with Gasteiger partial charge in [-0.05, 0) is 57.5 Å². The average molecular weight is 480 g/mol. The van der Waals surface area contributed by atoms with Gasteiger partial charge in [0.15, 0.2) is 4.90 Å². The summed E-state index contributed by atoms with van der Waals surface area (Å²) in [5.74, 6) is -1.63. The van der Waals surface area contributed by atoms with Crippen molar-refractivity contribution in [2.45, 2.75) is 55.4 Å². The quantitative estimate of drug-likeness (QED) is 0.646. The van der Waals surface area contributed by atoms with Gasteiger partial charge in [-0.2, -0.15) is 0 Å². The van der Waals surface area contributed by atoms with Crippen molar-refractivity contribution in [3.63, 3.8) is 0 Å². The van der Waals surface area contributed by atoms with E-state index in [1.807, 2.05) is 4.90 Å². The second-order valence-electron chi connectivity index (χ2n) is 9.44. The van der Waals surface area contributed by atoms with Crippen LogP contribution in [0.3, 0.4) is 0 Å². The van der Waals surface area contributed by atoms with Crippen LogP contribution in [0.4, 0.5) is 20.3 Å². The fourth-order valence-corrected chi connectivity index (χ4v) is 6.45. The number of piperidine rings is 1. The van der Waals surface area contributed by atoms with Crippen LogP contribution >= 0.6 is 0 Å². The van der Waals surface area contributed by atoms with Crippen LogP contribution in [-0.2, 0) is 10.0 Å². The highest BCUT2D eigenvalue weighted by Crippen LogP contribution is 2.40. The van der Waals surface area contributed by atoms with Gasteiger partial charge < -0.3 is 9.80 Å². The van der Waals surface area contributed by atoms with Crippen molar-refractivity contribution < 1.29 is 17.2 Å². The number of sulfonamides is 1. The first-order valence-corrected chi connectivity index (χ1v) is 12.9. The van der Waals surface area contributed by atoms with Gasteiger partial charge in [0.05, 0.1) is 0 Å². The Kier molecular flexibility index (Phi) is 6.86. The number of rotatable bonds is 7. The Morgan fingerprint density at radius 3 is 2.48 bits per heavy atom. The maximum absolute atomic E-state index is 15.0. The Bertz CT molecular complexity index is 1050. The summed E-state index contributed by atoms with van der Waals surface area (Å²) in [5, 5.41) is 0. The second kappa shape index (κ2) is 9.50. The summed E-state index contributed by atoms with van der Waals surface area (Å²) in [5.41, 5.74) is 0.294. The maximum Gasteiger partial charge on any atom is 0.268 e. The van der Waals surface area contributed by atoms with Crippen molar-refractivity contribution in [2.75, 3.05) is 36.8 Å². The molecular formula is C23H31F2N5O2S. The first kappa shape index (κ1) is 23.8. The van der Waals surface area contributed by atoms with Crippen LogP contribution in [-0.4, -0.2) is 56.0 Å². The van der Waals surface area contributed by atoms with Gasteiger partial charge in [0, 0.05) is 30.5 Å². The van der Waals surface area contributed by atoms with E-state index >= 15 is 8.78 Å². The van der Waals surface area contributed by atoms with Crippen molar-refractivity contribution in [3.05, 3.63) is 42.4 Å². The third kappa shape index (κ3) is 5.11. The van der Waals surface area contributed by atoms with E-state index in [1.165, 1.54) is 37.9 Å². The molecule has 1 aliphatic carbocycles. The monoisotopic (exact) mass is 479 g/mol. The number of nitrogens with zero attached hydrogens (tertiary/aromatic N) is 4. The van der Waals surface area contributed by atoms with Crippen LogP contribution in [0.2, 0.25) is 0 Å². The van der Waals surface area contributed by atoms with E-state index in [-0.39, 0.29) is 11.4 Å². The SMILES string of the molecule is CN(C)[C@@]1(CC2CCCC2)CCCN(c2cc(F)c(S(=O)(=O)Nc3ccncn3)c(F)c2)C1. The van der Waals surface area contributed by atoms with Gasteiger partial charge in [-0.25, -0.2) is 27.2 Å². The van der Waals surface area contributed by atoms with Gasteiger partial charge >= 0.3 is 0 Å². The van der Waals surface area contributed by atoms with Crippen LogP contribution in [0, 0.1) is 17.6 Å². The average Bonchev–Trinajstić information content (AvgIpc) is 3.26. The number of anilines is 2. The lowest BCUT2D eigenvalue weighted by Gasteiger charge is -2.49. The van der Waals surface area contributed by atoms with Gasteiger partial charge in [-0.3, -0.25) is 4.72 Å². The molecule has 1 aromatic carbocycles.